The Balaban J connectivity index is 1.56. The molecule has 0 aromatic heterocycles. The highest BCUT2D eigenvalue weighted by molar-refractivity contribution is 5.67. The molecule has 7 heteroatoms. The SMILES string of the molecule is COc1cccc([C@@H](C)OC[C@H](O)CN2CCC[C@H]2Cc2ccc(C)c(F)c2)c1CCC(=O)O. The first kappa shape index (κ1) is 26.1. The second-order valence-electron chi connectivity index (χ2n) is 9.13. The van der Waals surface area contributed by atoms with Crippen LogP contribution < -0.4 is 4.74 Å². The zero-order chi connectivity index (χ0) is 24.7. The maximum Gasteiger partial charge on any atom is 0.303 e. The monoisotopic (exact) mass is 473 g/mol. The van der Waals surface area contributed by atoms with Crippen molar-refractivity contribution in [1.82, 2.24) is 4.90 Å². The van der Waals surface area contributed by atoms with Crippen LogP contribution in [0, 0.1) is 12.7 Å². The number of hydrogen-bond acceptors (Lipinski definition) is 5. The first-order chi connectivity index (χ1) is 16.3. The van der Waals surface area contributed by atoms with E-state index in [9.17, 15) is 14.3 Å². The number of aliphatic hydroxyl groups is 1. The van der Waals surface area contributed by atoms with E-state index in [1.807, 2.05) is 37.3 Å². The zero-order valence-electron chi connectivity index (χ0n) is 20.3. The minimum Gasteiger partial charge on any atom is -0.496 e. The molecule has 2 aromatic rings. The summed E-state index contributed by atoms with van der Waals surface area (Å²) in [5, 5.41) is 19.8. The van der Waals surface area contributed by atoms with E-state index in [0.717, 1.165) is 42.5 Å². The van der Waals surface area contributed by atoms with Gasteiger partial charge in [-0.3, -0.25) is 9.69 Å². The minimum absolute atomic E-state index is 0.00392. The summed E-state index contributed by atoms with van der Waals surface area (Å²) in [6, 6.07) is 11.3. The molecule has 34 heavy (non-hydrogen) atoms. The summed E-state index contributed by atoms with van der Waals surface area (Å²) < 4.78 is 25.4. The summed E-state index contributed by atoms with van der Waals surface area (Å²) in [6.45, 7) is 5.23. The van der Waals surface area contributed by atoms with E-state index in [-0.39, 0.29) is 31.0 Å². The van der Waals surface area contributed by atoms with Crippen molar-refractivity contribution in [3.8, 4) is 5.75 Å². The van der Waals surface area contributed by atoms with Crippen molar-refractivity contribution in [3.05, 3.63) is 64.5 Å². The molecule has 6 nitrogen and oxygen atoms in total. The number of carboxylic acids is 1. The number of β-amino-alcohol motifs (C(OH)–C–C–N with tert-alkyl or cyclic N) is 1. The molecule has 0 spiro atoms. The first-order valence-corrected chi connectivity index (χ1v) is 11.9. The highest BCUT2D eigenvalue weighted by Gasteiger charge is 2.27. The lowest BCUT2D eigenvalue weighted by Gasteiger charge is -2.28. The molecule has 3 atom stereocenters. The van der Waals surface area contributed by atoms with E-state index in [2.05, 4.69) is 4.90 Å². The Hall–Kier alpha value is -2.48. The van der Waals surface area contributed by atoms with Gasteiger partial charge in [-0.2, -0.15) is 0 Å². The lowest BCUT2D eigenvalue weighted by Crippen LogP contribution is -2.39. The van der Waals surface area contributed by atoms with Crippen molar-refractivity contribution in [1.29, 1.82) is 0 Å². The van der Waals surface area contributed by atoms with Crippen LogP contribution in [-0.4, -0.2) is 60.0 Å². The van der Waals surface area contributed by atoms with Crippen LogP contribution >= 0.6 is 0 Å². The van der Waals surface area contributed by atoms with Crippen molar-refractivity contribution in [2.45, 2.75) is 64.2 Å². The standard InChI is InChI=1S/C27H36FNO5/c1-18-9-10-20(15-25(18)28)14-21-6-5-13-29(21)16-22(30)17-34-19(2)23-7-4-8-26(33-3)24(23)11-12-27(31)32/h4,7-10,15,19,21-22,30H,5-6,11-14,16-17H2,1-3H3,(H,31,32)/t19-,21+,22-/m1/s1. The Bertz CT molecular complexity index is 966. The molecular formula is C27H36FNO5. The number of halogens is 1. The maximum atomic E-state index is 13.9. The Morgan fingerprint density at radius 2 is 2.09 bits per heavy atom. The van der Waals surface area contributed by atoms with Gasteiger partial charge in [-0.1, -0.05) is 24.3 Å². The Labute approximate surface area is 201 Å². The molecule has 0 saturated carbocycles. The van der Waals surface area contributed by atoms with Gasteiger partial charge in [-0.25, -0.2) is 4.39 Å². The lowest BCUT2D eigenvalue weighted by atomic mass is 9.98. The van der Waals surface area contributed by atoms with Crippen LogP contribution in [-0.2, 0) is 22.4 Å². The number of carboxylic acid groups (broad SMARTS) is 1. The fraction of sp³-hybridized carbons (Fsp3) is 0.519. The number of aliphatic hydroxyl groups excluding tert-OH is 1. The molecule has 0 unspecified atom stereocenters. The summed E-state index contributed by atoms with van der Waals surface area (Å²) in [5.74, 6) is -0.402. The van der Waals surface area contributed by atoms with Gasteiger partial charge < -0.3 is 19.7 Å². The van der Waals surface area contributed by atoms with Gasteiger partial charge in [-0.15, -0.1) is 0 Å². The highest BCUT2D eigenvalue weighted by Crippen LogP contribution is 2.30. The third kappa shape index (κ3) is 7.01. The lowest BCUT2D eigenvalue weighted by molar-refractivity contribution is -0.136. The third-order valence-electron chi connectivity index (χ3n) is 6.61. The summed E-state index contributed by atoms with van der Waals surface area (Å²) in [5.41, 5.74) is 3.31. The molecule has 1 aliphatic heterocycles. The number of hydrogen-bond donors (Lipinski definition) is 2. The molecule has 1 saturated heterocycles. The van der Waals surface area contributed by atoms with Crippen LogP contribution in [0.5, 0.6) is 5.75 Å². The van der Waals surface area contributed by atoms with Crippen molar-refractivity contribution < 1.29 is 28.9 Å². The summed E-state index contributed by atoms with van der Waals surface area (Å²) in [6.07, 6.45) is 2.21. The van der Waals surface area contributed by atoms with Crippen LogP contribution in [0.25, 0.3) is 0 Å². The van der Waals surface area contributed by atoms with Gasteiger partial charge in [0.15, 0.2) is 0 Å². The second kappa shape index (κ2) is 12.3. The van der Waals surface area contributed by atoms with Crippen LogP contribution in [0.15, 0.2) is 36.4 Å². The minimum atomic E-state index is -0.866. The third-order valence-corrected chi connectivity index (χ3v) is 6.61. The van der Waals surface area contributed by atoms with Crippen molar-refractivity contribution in [3.63, 3.8) is 0 Å². The number of likely N-dealkylation sites (tertiary alicyclic amines) is 1. The van der Waals surface area contributed by atoms with Gasteiger partial charge >= 0.3 is 5.97 Å². The predicted molar refractivity (Wildman–Crippen MR) is 129 cm³/mol. The molecule has 0 aliphatic carbocycles. The number of nitrogens with zero attached hydrogens (tertiary/aromatic N) is 1. The van der Waals surface area contributed by atoms with E-state index in [0.29, 0.717) is 24.3 Å². The number of rotatable bonds is 12. The normalized spacial score (nSPS) is 18.1. The van der Waals surface area contributed by atoms with E-state index in [1.54, 1.807) is 20.1 Å². The van der Waals surface area contributed by atoms with E-state index in [1.165, 1.54) is 0 Å². The van der Waals surface area contributed by atoms with Crippen LogP contribution in [0.1, 0.15) is 54.5 Å². The van der Waals surface area contributed by atoms with Crippen molar-refractivity contribution in [2.24, 2.45) is 0 Å². The molecule has 0 radical (unpaired) electrons. The summed E-state index contributed by atoms with van der Waals surface area (Å²) in [7, 11) is 1.57. The van der Waals surface area contributed by atoms with E-state index >= 15 is 0 Å². The van der Waals surface area contributed by atoms with Gasteiger partial charge in [0.05, 0.1) is 25.9 Å². The molecule has 186 valence electrons. The second-order valence-corrected chi connectivity index (χ2v) is 9.13. The van der Waals surface area contributed by atoms with E-state index < -0.39 is 12.1 Å². The van der Waals surface area contributed by atoms with Gasteiger partial charge in [0.1, 0.15) is 11.6 Å². The Kier molecular flexibility index (Phi) is 9.45. The topological polar surface area (TPSA) is 79.2 Å². The van der Waals surface area contributed by atoms with Crippen LogP contribution in [0.3, 0.4) is 0 Å². The van der Waals surface area contributed by atoms with Crippen molar-refractivity contribution in [2.75, 3.05) is 26.8 Å². The number of ether oxygens (including phenoxy) is 2. The smallest absolute Gasteiger partial charge is 0.303 e. The number of aryl methyl sites for hydroxylation is 1. The maximum absolute atomic E-state index is 13.9. The molecule has 0 bridgehead atoms. The number of carbonyl (C=O) groups is 1. The fourth-order valence-corrected chi connectivity index (χ4v) is 4.72. The van der Waals surface area contributed by atoms with Gasteiger partial charge in [-0.05, 0) is 74.9 Å². The van der Waals surface area contributed by atoms with Gasteiger partial charge in [0.25, 0.3) is 0 Å². The van der Waals surface area contributed by atoms with Crippen LogP contribution in [0.4, 0.5) is 4.39 Å². The van der Waals surface area contributed by atoms with E-state index in [4.69, 9.17) is 14.6 Å². The molecule has 0 amide bonds. The molecular weight excluding hydrogens is 437 g/mol. The molecule has 1 heterocycles. The first-order valence-electron chi connectivity index (χ1n) is 11.9. The molecule has 1 aliphatic rings. The predicted octanol–water partition coefficient (Wildman–Crippen LogP) is 4.31. The average molecular weight is 474 g/mol. The number of methoxy groups -OCH3 is 1. The van der Waals surface area contributed by atoms with Gasteiger partial charge in [0.2, 0.25) is 0 Å². The fourth-order valence-electron chi connectivity index (χ4n) is 4.72. The largest absolute Gasteiger partial charge is 0.496 e. The number of benzene rings is 2. The molecule has 3 rings (SSSR count). The molecule has 1 fully saturated rings. The Morgan fingerprint density at radius 1 is 1.29 bits per heavy atom. The van der Waals surface area contributed by atoms with Crippen molar-refractivity contribution >= 4 is 5.97 Å². The summed E-state index contributed by atoms with van der Waals surface area (Å²) >= 11 is 0. The highest BCUT2D eigenvalue weighted by atomic mass is 19.1. The molecule has 2 aromatic carbocycles. The quantitative estimate of drug-likeness (QED) is 0.478. The number of aliphatic carboxylic acids is 1. The average Bonchev–Trinajstić information content (AvgIpc) is 3.24. The molecule has 2 N–H and O–H groups in total. The van der Waals surface area contributed by atoms with Crippen LogP contribution in [0.2, 0.25) is 0 Å². The van der Waals surface area contributed by atoms with Gasteiger partial charge in [0, 0.05) is 24.6 Å². The summed E-state index contributed by atoms with van der Waals surface area (Å²) in [4.78, 5) is 13.3. The zero-order valence-corrected chi connectivity index (χ0v) is 20.3. The Morgan fingerprint density at radius 3 is 2.79 bits per heavy atom.